The Bertz CT molecular complexity index is 229. The van der Waals surface area contributed by atoms with Crippen LogP contribution in [0.5, 0.6) is 0 Å². The van der Waals surface area contributed by atoms with Crippen LogP contribution in [-0.4, -0.2) is 16.9 Å². The van der Waals surface area contributed by atoms with Gasteiger partial charge in [-0.05, 0) is 12.5 Å². The van der Waals surface area contributed by atoms with Crippen molar-refractivity contribution in [3.63, 3.8) is 0 Å². The average Bonchev–Trinajstić information content (AvgIpc) is 2.11. The number of rotatable bonds is 1. The Labute approximate surface area is 55.5 Å². The first-order valence-electron chi connectivity index (χ1n) is 2.71. The monoisotopic (exact) mass is 149 g/mol. The maximum absolute atomic E-state index is 11.8. The van der Waals surface area contributed by atoms with Crippen molar-refractivity contribution >= 4 is 12.6 Å². The summed E-state index contributed by atoms with van der Waals surface area (Å²) in [7, 11) is 0. The number of nitrogens with zero attached hydrogens (tertiary/aromatic N) is 1. The number of nitrogens with one attached hydrogen (secondary N) is 1. The number of hydrogen-bond donors (Lipinski definition) is 1. The summed E-state index contributed by atoms with van der Waals surface area (Å²) >= 11 is 0. The first-order valence-corrected chi connectivity index (χ1v) is 2.71. The smallest absolute Gasteiger partial charge is 0.444 e. The molecule has 0 bridgehead atoms. The Hall–Kier alpha value is -0.935. The third-order valence-corrected chi connectivity index (χ3v) is 1.08. The van der Waals surface area contributed by atoms with Crippen LogP contribution in [-0.2, 0) is 0 Å². The zero-order chi connectivity index (χ0) is 7.78. The Morgan fingerprint density at radius 3 is 2.30 bits per heavy atom. The predicted octanol–water partition coefficient (Wildman–Crippen LogP) is 0.773. The lowest BCUT2D eigenvalue weighted by atomic mass is 9.87. The lowest BCUT2D eigenvalue weighted by molar-refractivity contribution is 0.498. The summed E-state index contributed by atoms with van der Waals surface area (Å²) in [5.74, 6) is 0.286. The minimum absolute atomic E-state index is 0.286. The van der Waals surface area contributed by atoms with E-state index in [-0.39, 0.29) is 5.82 Å². The third-order valence-electron chi connectivity index (χ3n) is 1.08. The summed E-state index contributed by atoms with van der Waals surface area (Å²) in [6.07, 6.45) is 0.801. The maximum atomic E-state index is 11.8. The van der Waals surface area contributed by atoms with E-state index in [0.717, 1.165) is 6.20 Å². The molecule has 1 aromatic rings. The van der Waals surface area contributed by atoms with Crippen molar-refractivity contribution in [2.45, 2.75) is 6.92 Å². The van der Waals surface area contributed by atoms with E-state index in [1.54, 1.807) is 0 Å². The summed E-state index contributed by atoms with van der Waals surface area (Å²) in [6, 6.07) is 0. The SMILES string of the molecule is Cc1ncc([B-](F)(F)F)[nH]1. The summed E-state index contributed by atoms with van der Waals surface area (Å²) in [4.78, 5) is 5.53. The van der Waals surface area contributed by atoms with E-state index in [1.807, 2.05) is 0 Å². The van der Waals surface area contributed by atoms with Crippen LogP contribution in [0.15, 0.2) is 6.20 Å². The topological polar surface area (TPSA) is 28.7 Å². The molecular formula is C4H5BF3N2-. The van der Waals surface area contributed by atoms with Gasteiger partial charge in [-0.1, -0.05) is 0 Å². The molecule has 0 aliphatic carbocycles. The van der Waals surface area contributed by atoms with Gasteiger partial charge in [-0.3, -0.25) is 0 Å². The molecule has 1 rings (SSSR count). The zero-order valence-corrected chi connectivity index (χ0v) is 5.24. The van der Waals surface area contributed by atoms with Gasteiger partial charge in [-0.15, -0.1) is 0 Å². The highest BCUT2D eigenvalue weighted by Crippen LogP contribution is 2.06. The fourth-order valence-electron chi connectivity index (χ4n) is 0.606. The fraction of sp³-hybridized carbons (Fsp3) is 0.250. The van der Waals surface area contributed by atoms with Gasteiger partial charge in [0.1, 0.15) is 0 Å². The van der Waals surface area contributed by atoms with Crippen LogP contribution in [0.25, 0.3) is 0 Å². The highest BCUT2D eigenvalue weighted by Gasteiger charge is 2.27. The van der Waals surface area contributed by atoms with Crippen LogP contribution >= 0.6 is 0 Å². The second kappa shape index (κ2) is 2.03. The van der Waals surface area contributed by atoms with Crippen LogP contribution in [0.3, 0.4) is 0 Å². The normalized spacial score (nSPS) is 12.0. The van der Waals surface area contributed by atoms with Crippen LogP contribution in [0, 0.1) is 6.92 Å². The van der Waals surface area contributed by atoms with E-state index >= 15 is 0 Å². The molecule has 0 unspecified atom stereocenters. The summed E-state index contributed by atoms with van der Waals surface area (Å²) in [5.41, 5.74) is -0.738. The first kappa shape index (κ1) is 7.18. The summed E-state index contributed by atoms with van der Waals surface area (Å²) in [5, 5.41) is 0. The molecule has 10 heavy (non-hydrogen) atoms. The zero-order valence-electron chi connectivity index (χ0n) is 5.24. The van der Waals surface area contributed by atoms with E-state index in [9.17, 15) is 12.9 Å². The van der Waals surface area contributed by atoms with Gasteiger partial charge < -0.3 is 17.9 Å². The molecule has 1 aromatic heterocycles. The molecule has 0 aliphatic heterocycles. The number of aromatic amines is 1. The van der Waals surface area contributed by atoms with Gasteiger partial charge >= 0.3 is 6.98 Å². The summed E-state index contributed by atoms with van der Waals surface area (Å²) in [6.45, 7) is -3.42. The quantitative estimate of drug-likeness (QED) is 0.587. The minimum atomic E-state index is -4.90. The largest absolute Gasteiger partial charge is 0.526 e. The number of hydrogen-bond acceptors (Lipinski definition) is 1. The molecule has 0 fully saturated rings. The molecule has 0 saturated heterocycles. The van der Waals surface area contributed by atoms with Crippen molar-refractivity contribution in [1.29, 1.82) is 0 Å². The number of H-pyrrole nitrogens is 1. The maximum Gasteiger partial charge on any atom is 0.526 e. The standard InChI is InChI=1S/C4H5BF3N2/c1-3-9-2-4(10-3)5(6,7)8/h2H,1H3,(H,9,10)/q-1. The number of imidazole rings is 1. The minimum Gasteiger partial charge on any atom is -0.444 e. The number of aromatic nitrogens is 2. The molecule has 0 amide bonds. The van der Waals surface area contributed by atoms with Gasteiger partial charge in [0, 0.05) is 6.20 Å². The van der Waals surface area contributed by atoms with Gasteiger partial charge in [0.15, 0.2) is 0 Å². The Kier molecular flexibility index (Phi) is 1.46. The van der Waals surface area contributed by atoms with Gasteiger partial charge in [0.05, 0.1) is 5.82 Å². The molecule has 0 radical (unpaired) electrons. The lowest BCUT2D eigenvalue weighted by Gasteiger charge is -2.09. The van der Waals surface area contributed by atoms with Crippen molar-refractivity contribution in [3.8, 4) is 0 Å². The molecule has 0 aromatic carbocycles. The van der Waals surface area contributed by atoms with Gasteiger partial charge in [0.2, 0.25) is 0 Å². The highest BCUT2D eigenvalue weighted by molar-refractivity contribution is 6.72. The van der Waals surface area contributed by atoms with Crippen molar-refractivity contribution in [1.82, 2.24) is 9.97 Å². The molecule has 0 spiro atoms. The molecule has 0 saturated carbocycles. The molecule has 0 atom stereocenters. The van der Waals surface area contributed by atoms with Crippen LogP contribution in [0.2, 0.25) is 0 Å². The average molecular weight is 149 g/mol. The molecule has 6 heteroatoms. The Morgan fingerprint density at radius 1 is 1.50 bits per heavy atom. The van der Waals surface area contributed by atoms with Gasteiger partial charge in [0.25, 0.3) is 0 Å². The van der Waals surface area contributed by atoms with Gasteiger partial charge in [-0.2, -0.15) is 0 Å². The van der Waals surface area contributed by atoms with Crippen molar-refractivity contribution < 1.29 is 12.9 Å². The van der Waals surface area contributed by atoms with Crippen LogP contribution < -0.4 is 5.59 Å². The Morgan fingerprint density at radius 2 is 2.10 bits per heavy atom. The highest BCUT2D eigenvalue weighted by atomic mass is 19.4. The summed E-state index contributed by atoms with van der Waals surface area (Å²) < 4.78 is 35.4. The fourth-order valence-corrected chi connectivity index (χ4v) is 0.606. The molecule has 1 N–H and O–H groups in total. The second-order valence-electron chi connectivity index (χ2n) is 2.00. The second-order valence-corrected chi connectivity index (χ2v) is 2.00. The molecule has 0 aliphatic rings. The first-order chi connectivity index (χ1) is 4.50. The number of aryl methyl sites for hydroxylation is 1. The van der Waals surface area contributed by atoms with Gasteiger partial charge in [-0.25, -0.2) is 4.98 Å². The van der Waals surface area contributed by atoms with E-state index in [0.29, 0.717) is 0 Å². The predicted molar refractivity (Wildman–Crippen MR) is 32.0 cm³/mol. The van der Waals surface area contributed by atoms with Crippen molar-refractivity contribution in [2.75, 3.05) is 0 Å². The van der Waals surface area contributed by atoms with Crippen molar-refractivity contribution in [3.05, 3.63) is 12.0 Å². The number of halogens is 3. The van der Waals surface area contributed by atoms with Crippen LogP contribution in [0.4, 0.5) is 12.9 Å². The van der Waals surface area contributed by atoms with E-state index < -0.39 is 12.6 Å². The molecule has 1 heterocycles. The van der Waals surface area contributed by atoms with Crippen LogP contribution in [0.1, 0.15) is 5.82 Å². The Balaban J connectivity index is 2.96. The lowest BCUT2D eigenvalue weighted by Crippen LogP contribution is -2.35. The van der Waals surface area contributed by atoms with E-state index in [1.165, 1.54) is 6.92 Å². The third kappa shape index (κ3) is 1.31. The molecular weight excluding hydrogens is 144 g/mol. The molecule has 2 nitrogen and oxygen atoms in total. The molecule has 56 valence electrons. The van der Waals surface area contributed by atoms with E-state index in [4.69, 9.17) is 0 Å². The van der Waals surface area contributed by atoms with E-state index in [2.05, 4.69) is 9.97 Å². The van der Waals surface area contributed by atoms with Crippen molar-refractivity contribution in [2.24, 2.45) is 0 Å².